The SMILES string of the molecule is CC(C)=NOC(=O)CCS(=O)(=O)c1nc(-c2cccs2)cc(C(F)(F)F)n1. The van der Waals surface area contributed by atoms with Crippen molar-refractivity contribution in [2.24, 2.45) is 5.16 Å². The minimum absolute atomic E-state index is 0.167. The molecule has 2 heterocycles. The summed E-state index contributed by atoms with van der Waals surface area (Å²) in [5.41, 5.74) is -1.11. The summed E-state index contributed by atoms with van der Waals surface area (Å²) in [6.45, 7) is 3.12. The summed E-state index contributed by atoms with van der Waals surface area (Å²) in [5.74, 6) is -1.75. The molecule has 0 spiro atoms. The van der Waals surface area contributed by atoms with Gasteiger partial charge < -0.3 is 4.84 Å². The average molecular weight is 421 g/mol. The highest BCUT2D eigenvalue weighted by Gasteiger charge is 2.35. The van der Waals surface area contributed by atoms with E-state index in [1.165, 1.54) is 6.07 Å². The van der Waals surface area contributed by atoms with Crippen LogP contribution < -0.4 is 0 Å². The number of halogens is 3. The number of hydrogen-bond donors (Lipinski definition) is 0. The predicted octanol–water partition coefficient (Wildman–Crippen LogP) is 3.33. The van der Waals surface area contributed by atoms with Crippen LogP contribution in [0.4, 0.5) is 13.2 Å². The lowest BCUT2D eigenvalue weighted by molar-refractivity contribution is -0.143. The van der Waals surface area contributed by atoms with E-state index in [-0.39, 0.29) is 5.69 Å². The topological polar surface area (TPSA) is 98.6 Å². The Balaban J connectivity index is 2.34. The van der Waals surface area contributed by atoms with Gasteiger partial charge >= 0.3 is 12.1 Å². The Morgan fingerprint density at radius 2 is 2.00 bits per heavy atom. The highest BCUT2D eigenvalue weighted by atomic mass is 32.2. The van der Waals surface area contributed by atoms with E-state index in [4.69, 9.17) is 0 Å². The fraction of sp³-hybridized carbons (Fsp3) is 0.333. The van der Waals surface area contributed by atoms with Crippen molar-refractivity contribution in [2.45, 2.75) is 31.6 Å². The first-order valence-electron chi connectivity index (χ1n) is 7.43. The summed E-state index contributed by atoms with van der Waals surface area (Å²) in [5, 5.41) is 4.01. The summed E-state index contributed by atoms with van der Waals surface area (Å²) in [6.07, 6.45) is -5.46. The van der Waals surface area contributed by atoms with Crippen molar-refractivity contribution in [3.63, 3.8) is 0 Å². The van der Waals surface area contributed by atoms with Crippen molar-refractivity contribution in [3.8, 4) is 10.6 Å². The average Bonchev–Trinajstić information content (AvgIpc) is 3.11. The third-order valence-corrected chi connectivity index (χ3v) is 5.33. The number of alkyl halides is 3. The van der Waals surface area contributed by atoms with Crippen LogP contribution in [0.25, 0.3) is 10.6 Å². The molecule has 0 aliphatic rings. The lowest BCUT2D eigenvalue weighted by atomic mass is 10.3. The molecule has 27 heavy (non-hydrogen) atoms. The lowest BCUT2D eigenvalue weighted by Crippen LogP contribution is -2.18. The van der Waals surface area contributed by atoms with Gasteiger partial charge in [-0.25, -0.2) is 23.2 Å². The van der Waals surface area contributed by atoms with E-state index in [2.05, 4.69) is 20.0 Å². The number of oxime groups is 1. The normalized spacial score (nSPS) is 11.9. The van der Waals surface area contributed by atoms with Crippen LogP contribution in [0.1, 0.15) is 26.0 Å². The van der Waals surface area contributed by atoms with Crippen LogP contribution in [0.2, 0.25) is 0 Å². The zero-order valence-corrected chi connectivity index (χ0v) is 15.8. The van der Waals surface area contributed by atoms with Gasteiger partial charge in [-0.05, 0) is 31.4 Å². The molecular formula is C15H14F3N3O4S2. The summed E-state index contributed by atoms with van der Waals surface area (Å²) >= 11 is 1.10. The highest BCUT2D eigenvalue weighted by molar-refractivity contribution is 7.91. The van der Waals surface area contributed by atoms with E-state index in [1.54, 1.807) is 25.3 Å². The number of aromatic nitrogens is 2. The predicted molar refractivity (Wildman–Crippen MR) is 91.9 cm³/mol. The van der Waals surface area contributed by atoms with Gasteiger partial charge in [0.15, 0.2) is 0 Å². The van der Waals surface area contributed by atoms with Crippen molar-refractivity contribution < 1.29 is 31.2 Å². The first-order valence-corrected chi connectivity index (χ1v) is 9.96. The number of hydrogen-bond acceptors (Lipinski definition) is 8. The molecule has 0 amide bonds. The molecule has 0 aliphatic heterocycles. The summed E-state index contributed by atoms with van der Waals surface area (Å²) < 4.78 is 64.0. The third kappa shape index (κ3) is 5.82. The summed E-state index contributed by atoms with van der Waals surface area (Å²) in [4.78, 5) is 23.2. The van der Waals surface area contributed by atoms with Gasteiger partial charge in [-0.1, -0.05) is 11.2 Å². The molecule has 0 fully saturated rings. The number of carbonyl (C=O) groups is 1. The van der Waals surface area contributed by atoms with Crippen molar-refractivity contribution in [3.05, 3.63) is 29.3 Å². The number of rotatable bonds is 6. The quantitative estimate of drug-likeness (QED) is 0.307. The van der Waals surface area contributed by atoms with Crippen molar-refractivity contribution in [1.82, 2.24) is 9.97 Å². The number of carbonyl (C=O) groups excluding carboxylic acids is 1. The molecule has 0 aromatic carbocycles. The van der Waals surface area contributed by atoms with Crippen LogP contribution in [0.5, 0.6) is 0 Å². The molecule has 2 rings (SSSR count). The van der Waals surface area contributed by atoms with Crippen LogP contribution in [-0.4, -0.2) is 35.8 Å². The second kappa shape index (κ2) is 8.13. The first kappa shape index (κ1) is 21.0. The number of thiophene rings is 1. The molecule has 2 aromatic heterocycles. The van der Waals surface area contributed by atoms with E-state index >= 15 is 0 Å². The number of nitrogens with zero attached hydrogens (tertiary/aromatic N) is 3. The molecule has 12 heteroatoms. The first-order chi connectivity index (χ1) is 12.5. The van der Waals surface area contributed by atoms with Crippen LogP contribution >= 0.6 is 11.3 Å². The molecular weight excluding hydrogens is 407 g/mol. The van der Waals surface area contributed by atoms with Gasteiger partial charge in [0.05, 0.1) is 28.5 Å². The Morgan fingerprint density at radius 3 is 2.56 bits per heavy atom. The van der Waals surface area contributed by atoms with Gasteiger partial charge in [0, 0.05) is 0 Å². The minimum Gasteiger partial charge on any atom is -0.318 e. The van der Waals surface area contributed by atoms with Crippen LogP contribution in [0, 0.1) is 0 Å². The van der Waals surface area contributed by atoms with Crippen molar-refractivity contribution in [2.75, 3.05) is 5.75 Å². The molecule has 0 radical (unpaired) electrons. The minimum atomic E-state index is -4.86. The van der Waals surface area contributed by atoms with Crippen molar-refractivity contribution >= 4 is 32.9 Å². The Morgan fingerprint density at radius 1 is 1.30 bits per heavy atom. The van der Waals surface area contributed by atoms with Crippen LogP contribution in [0.15, 0.2) is 33.9 Å². The van der Waals surface area contributed by atoms with E-state index < -0.39 is 45.0 Å². The van der Waals surface area contributed by atoms with Gasteiger partial charge in [-0.2, -0.15) is 13.2 Å². The second-order valence-electron chi connectivity index (χ2n) is 5.47. The zero-order chi connectivity index (χ0) is 20.2. The molecule has 7 nitrogen and oxygen atoms in total. The smallest absolute Gasteiger partial charge is 0.318 e. The molecule has 0 saturated heterocycles. The van der Waals surface area contributed by atoms with Gasteiger partial charge in [-0.15, -0.1) is 11.3 Å². The largest absolute Gasteiger partial charge is 0.433 e. The van der Waals surface area contributed by atoms with Crippen LogP contribution in [-0.2, 0) is 25.6 Å². The van der Waals surface area contributed by atoms with Gasteiger partial charge in [0.1, 0.15) is 5.69 Å². The Labute approximate surface area is 156 Å². The molecule has 0 N–H and O–H groups in total. The van der Waals surface area contributed by atoms with E-state index in [0.717, 1.165) is 11.3 Å². The second-order valence-corrected chi connectivity index (χ2v) is 8.42. The summed E-state index contributed by atoms with van der Waals surface area (Å²) in [7, 11) is -4.36. The lowest BCUT2D eigenvalue weighted by Gasteiger charge is -2.10. The van der Waals surface area contributed by atoms with Gasteiger partial charge in [0.2, 0.25) is 15.0 Å². The molecule has 0 aliphatic carbocycles. The van der Waals surface area contributed by atoms with Gasteiger partial charge in [-0.3, -0.25) is 0 Å². The van der Waals surface area contributed by atoms with Gasteiger partial charge in [0.25, 0.3) is 0 Å². The maximum atomic E-state index is 13.1. The summed E-state index contributed by atoms with van der Waals surface area (Å²) in [6, 6.07) is 3.78. The fourth-order valence-electron chi connectivity index (χ4n) is 1.76. The molecule has 0 atom stereocenters. The Kier molecular flexibility index (Phi) is 6.31. The zero-order valence-electron chi connectivity index (χ0n) is 14.1. The number of sulfone groups is 1. The maximum Gasteiger partial charge on any atom is 0.433 e. The van der Waals surface area contributed by atoms with E-state index in [9.17, 15) is 26.4 Å². The molecule has 0 saturated carbocycles. The maximum absolute atomic E-state index is 13.1. The molecule has 146 valence electrons. The highest BCUT2D eigenvalue weighted by Crippen LogP contribution is 2.32. The van der Waals surface area contributed by atoms with Crippen molar-refractivity contribution in [1.29, 1.82) is 0 Å². The standard InChI is InChI=1S/C15H14F3N3O4S2/c1-9(2)21-25-13(22)5-7-27(23,24)14-19-10(11-4-3-6-26-11)8-12(20-14)15(16,17)18/h3-4,6,8H,5,7H2,1-2H3. The monoisotopic (exact) mass is 421 g/mol. The Bertz CT molecular complexity index is 951. The Hall–Kier alpha value is -2.34. The molecule has 0 unspecified atom stereocenters. The van der Waals surface area contributed by atoms with Crippen LogP contribution in [0.3, 0.4) is 0 Å². The third-order valence-electron chi connectivity index (χ3n) is 2.95. The molecule has 0 bridgehead atoms. The van der Waals surface area contributed by atoms with E-state index in [0.29, 0.717) is 16.7 Å². The van der Waals surface area contributed by atoms with E-state index in [1.807, 2.05) is 0 Å². The fourth-order valence-corrected chi connectivity index (χ4v) is 3.54. The molecule has 2 aromatic rings.